The van der Waals surface area contributed by atoms with Crippen LogP contribution in [-0.2, 0) is 37.3 Å². The molecular weight excluding hydrogens is 713 g/mol. The van der Waals surface area contributed by atoms with Crippen LogP contribution >= 0.6 is 0 Å². The number of ether oxygens (including phenoxy) is 5. The standard InChI is InChI=1S/C44H86O8Si2/c1-27(2)53(28(3)4,29(5)6)51-37-22-21-36(25-40(37)46-18)24-34(14)39-26-38(49-44(16,17)50-39)33(13)23-35(15)41(42(47-19)43(45)48-20)52-54(30(7)8,31(9)10)32(11)12/h23,27-34,36-42H,21-22,24-26H2,1-20H3/b35-23+/t33-,34-,36+,37-,38-,39+,40-,41-,42-/m1/s1. The molecular formula is C44H86O8Si2. The van der Waals surface area contributed by atoms with Crippen LogP contribution in [0.3, 0.4) is 0 Å². The van der Waals surface area contributed by atoms with Crippen LogP contribution in [0.4, 0.5) is 0 Å². The van der Waals surface area contributed by atoms with Crippen LogP contribution in [-0.4, -0.2) is 86.3 Å². The molecule has 318 valence electrons. The number of hydrogen-bond donors (Lipinski definition) is 0. The van der Waals surface area contributed by atoms with Crippen LogP contribution in [0.2, 0.25) is 33.2 Å². The fraction of sp³-hybridized carbons (Fsp3) is 0.932. The van der Waals surface area contributed by atoms with Gasteiger partial charge in [0, 0.05) is 26.6 Å². The highest BCUT2D eigenvalue weighted by Crippen LogP contribution is 2.47. The quantitative estimate of drug-likeness (QED) is 0.0684. The first kappa shape index (κ1) is 49.5. The highest BCUT2D eigenvalue weighted by atomic mass is 28.4. The smallest absolute Gasteiger partial charge is 0.338 e. The predicted molar refractivity (Wildman–Crippen MR) is 228 cm³/mol. The molecule has 0 radical (unpaired) electrons. The maximum absolute atomic E-state index is 13.1. The summed E-state index contributed by atoms with van der Waals surface area (Å²) >= 11 is 0. The van der Waals surface area contributed by atoms with E-state index in [9.17, 15) is 4.79 Å². The van der Waals surface area contributed by atoms with Crippen molar-refractivity contribution in [3.05, 3.63) is 11.6 Å². The molecule has 10 heteroatoms. The van der Waals surface area contributed by atoms with Crippen molar-refractivity contribution in [1.29, 1.82) is 0 Å². The SMILES string of the molecule is COC(=O)[C@H](OC)[C@H](O[Si](C(C)C)(C(C)C)C(C)C)/C(C)=C/[C@@H](C)[C@H]1C[C@@H]([C@H](C)C[C@@H]2CC[C@@H](O[Si](C(C)C)(C(C)C)C(C)C)[C@H](OC)C2)OC(C)(C)O1. The monoisotopic (exact) mass is 799 g/mol. The summed E-state index contributed by atoms with van der Waals surface area (Å²) in [5.41, 5.74) is 3.68. The fourth-order valence-electron chi connectivity index (χ4n) is 11.0. The highest BCUT2D eigenvalue weighted by Gasteiger charge is 2.51. The number of esters is 1. The van der Waals surface area contributed by atoms with E-state index in [1.165, 1.54) is 7.11 Å². The molecule has 0 unspecified atom stereocenters. The Bertz CT molecular complexity index is 1120. The summed E-state index contributed by atoms with van der Waals surface area (Å²) in [5, 5.41) is 0. The van der Waals surface area contributed by atoms with Gasteiger partial charge in [0.2, 0.25) is 16.6 Å². The number of rotatable bonds is 20. The summed E-state index contributed by atoms with van der Waals surface area (Å²) in [6.07, 6.45) is 6.20. The number of carbonyl (C=O) groups excluding carboxylic acids is 1. The number of methoxy groups -OCH3 is 3. The maximum Gasteiger partial charge on any atom is 0.338 e. The van der Waals surface area contributed by atoms with E-state index in [1.807, 2.05) is 21.0 Å². The van der Waals surface area contributed by atoms with Crippen molar-refractivity contribution in [3.63, 3.8) is 0 Å². The molecule has 54 heavy (non-hydrogen) atoms. The second-order valence-corrected chi connectivity index (χ2v) is 30.2. The average Bonchev–Trinajstić information content (AvgIpc) is 3.07. The van der Waals surface area contributed by atoms with Gasteiger partial charge < -0.3 is 32.5 Å². The predicted octanol–water partition coefficient (Wildman–Crippen LogP) is 11.6. The molecule has 0 amide bonds. The van der Waals surface area contributed by atoms with Gasteiger partial charge in [0.15, 0.2) is 11.9 Å². The lowest BCUT2D eigenvalue weighted by Gasteiger charge is -2.48. The van der Waals surface area contributed by atoms with Gasteiger partial charge >= 0.3 is 5.97 Å². The first-order valence-corrected chi connectivity index (χ1v) is 25.8. The molecule has 0 aromatic heterocycles. The Balaban J connectivity index is 2.31. The van der Waals surface area contributed by atoms with Crippen molar-refractivity contribution in [2.75, 3.05) is 21.3 Å². The second kappa shape index (κ2) is 20.9. The Morgan fingerprint density at radius 1 is 0.704 bits per heavy atom. The lowest BCUT2D eigenvalue weighted by molar-refractivity contribution is -0.313. The summed E-state index contributed by atoms with van der Waals surface area (Å²) in [6.45, 7) is 38.5. The van der Waals surface area contributed by atoms with Crippen molar-refractivity contribution in [2.45, 2.75) is 225 Å². The van der Waals surface area contributed by atoms with Gasteiger partial charge in [0.05, 0.1) is 31.5 Å². The van der Waals surface area contributed by atoms with Crippen molar-refractivity contribution in [3.8, 4) is 0 Å². The molecule has 9 atom stereocenters. The first-order chi connectivity index (χ1) is 24.9. The number of hydrogen-bond acceptors (Lipinski definition) is 8. The molecule has 0 aromatic rings. The molecule has 0 bridgehead atoms. The van der Waals surface area contributed by atoms with Gasteiger partial charge in [-0.3, -0.25) is 0 Å². The molecule has 1 aliphatic carbocycles. The third-order valence-electron chi connectivity index (χ3n) is 13.4. The van der Waals surface area contributed by atoms with Gasteiger partial charge in [0.25, 0.3) is 0 Å². The molecule has 0 N–H and O–H groups in total. The van der Waals surface area contributed by atoms with E-state index in [-0.39, 0.29) is 30.3 Å². The molecule has 2 rings (SSSR count). The summed E-state index contributed by atoms with van der Waals surface area (Å²) in [6, 6.07) is 0. The third-order valence-corrected chi connectivity index (χ3v) is 25.6. The van der Waals surface area contributed by atoms with E-state index >= 15 is 0 Å². The van der Waals surface area contributed by atoms with Gasteiger partial charge in [0.1, 0.15) is 6.10 Å². The Kier molecular flexibility index (Phi) is 19.2. The van der Waals surface area contributed by atoms with E-state index in [0.717, 1.165) is 37.7 Å². The van der Waals surface area contributed by atoms with Gasteiger partial charge in [-0.2, -0.15) is 0 Å². The Morgan fingerprint density at radius 3 is 1.65 bits per heavy atom. The molecule has 8 nitrogen and oxygen atoms in total. The number of carbonyl (C=O) groups is 1. The largest absolute Gasteiger partial charge is 0.467 e. The van der Waals surface area contributed by atoms with E-state index in [1.54, 1.807) is 7.11 Å². The summed E-state index contributed by atoms with van der Waals surface area (Å²) in [7, 11) is 0.461. The Labute approximate surface area is 335 Å². The minimum atomic E-state index is -2.39. The van der Waals surface area contributed by atoms with E-state index in [0.29, 0.717) is 45.1 Å². The minimum Gasteiger partial charge on any atom is -0.467 e. The third kappa shape index (κ3) is 11.5. The van der Waals surface area contributed by atoms with Crippen LogP contribution in [0.5, 0.6) is 0 Å². The molecule has 2 aliphatic rings. The molecule has 1 saturated carbocycles. The molecule has 0 aromatic carbocycles. The molecule has 1 aliphatic heterocycles. The lowest BCUT2D eigenvalue weighted by atomic mass is 9.78. The van der Waals surface area contributed by atoms with Gasteiger partial charge in [-0.05, 0) is 97.1 Å². The summed E-state index contributed by atoms with van der Waals surface area (Å²) in [5.74, 6) is -0.179. The van der Waals surface area contributed by atoms with Crippen molar-refractivity contribution in [2.24, 2.45) is 17.8 Å². The van der Waals surface area contributed by atoms with Gasteiger partial charge in [-0.15, -0.1) is 0 Å². The van der Waals surface area contributed by atoms with E-state index < -0.39 is 40.6 Å². The first-order valence-electron chi connectivity index (χ1n) is 21.5. The van der Waals surface area contributed by atoms with Crippen LogP contribution < -0.4 is 0 Å². The highest BCUT2D eigenvalue weighted by molar-refractivity contribution is 6.78. The van der Waals surface area contributed by atoms with Crippen LogP contribution in [0, 0.1) is 17.8 Å². The summed E-state index contributed by atoms with van der Waals surface area (Å²) in [4.78, 5) is 13.1. The van der Waals surface area contributed by atoms with Crippen LogP contribution in [0.15, 0.2) is 11.6 Å². The topological polar surface area (TPSA) is 81.7 Å². The van der Waals surface area contributed by atoms with Crippen molar-refractivity contribution in [1.82, 2.24) is 0 Å². The van der Waals surface area contributed by atoms with Gasteiger partial charge in [-0.1, -0.05) is 103 Å². The van der Waals surface area contributed by atoms with E-state index in [2.05, 4.69) is 110 Å². The van der Waals surface area contributed by atoms with E-state index in [4.69, 9.17) is 32.5 Å². The van der Waals surface area contributed by atoms with Gasteiger partial charge in [-0.25, -0.2) is 4.79 Å². The minimum absolute atomic E-state index is 0.0510. The van der Waals surface area contributed by atoms with Crippen molar-refractivity contribution < 1.29 is 37.3 Å². The molecule has 1 saturated heterocycles. The zero-order chi connectivity index (χ0) is 41.5. The molecule has 1 heterocycles. The zero-order valence-electron chi connectivity index (χ0n) is 38.5. The lowest BCUT2D eigenvalue weighted by Crippen LogP contribution is -2.54. The second-order valence-electron chi connectivity index (χ2n) is 19.4. The molecule has 0 spiro atoms. The average molecular weight is 799 g/mol. The molecule has 2 fully saturated rings. The Hall–Kier alpha value is -0.596. The normalized spacial score (nSPS) is 26.9. The van der Waals surface area contributed by atoms with Crippen LogP contribution in [0.1, 0.15) is 150 Å². The maximum atomic E-state index is 13.1. The fourth-order valence-corrected chi connectivity index (χ4v) is 22.2. The zero-order valence-corrected chi connectivity index (χ0v) is 40.5. The Morgan fingerprint density at radius 2 is 1.20 bits per heavy atom. The van der Waals surface area contributed by atoms with Crippen LogP contribution in [0.25, 0.3) is 0 Å². The van der Waals surface area contributed by atoms with Crippen molar-refractivity contribution >= 4 is 22.6 Å². The summed E-state index contributed by atoms with van der Waals surface area (Å²) < 4.78 is 45.2.